The van der Waals surface area contributed by atoms with Gasteiger partial charge in [-0.3, -0.25) is 9.71 Å². The lowest BCUT2D eigenvalue weighted by Crippen LogP contribution is -2.17. The highest BCUT2D eigenvalue weighted by atomic mass is 35.5. The predicted octanol–water partition coefficient (Wildman–Crippen LogP) is 5.25. The van der Waals surface area contributed by atoms with Gasteiger partial charge in [-0.05, 0) is 59.9 Å². The molecule has 0 bridgehead atoms. The Labute approximate surface area is 248 Å². The van der Waals surface area contributed by atoms with Crippen LogP contribution in [0.15, 0.2) is 65.4 Å². The molecular formula is C26H22ClF3N8O2S2. The maximum atomic E-state index is 13.1. The molecule has 42 heavy (non-hydrogen) atoms. The minimum Gasteiger partial charge on any atom is -0.369 e. The Kier molecular flexibility index (Phi) is 7.92. The molecule has 6 rings (SSSR count). The number of fused-ring (bicyclic) bond motifs is 3. The van der Waals surface area contributed by atoms with Gasteiger partial charge in [0.2, 0.25) is 10.0 Å². The standard InChI is InChI=1S/C26H21F3N8O2S2.ClH/c1-15-2-3-18(36-41(38,39)14-19-9-17(4-5-30-19)26(27,28)29)10-21(15)22-8-16-11-32-25(34-20-12-33-40-13-20)35-23(16)37-7-6-31-24(22)37;/h2-5,8-13,31,36H,6-7,14H2,1H3;1H. The van der Waals surface area contributed by atoms with E-state index in [4.69, 9.17) is 0 Å². The molecule has 16 heteroatoms. The summed E-state index contributed by atoms with van der Waals surface area (Å²) in [5, 5.41) is 5.20. The molecular weight excluding hydrogens is 613 g/mol. The quantitative estimate of drug-likeness (QED) is 0.261. The van der Waals surface area contributed by atoms with Crippen LogP contribution < -0.4 is 15.7 Å². The average Bonchev–Trinajstić information content (AvgIpc) is 3.61. The molecule has 218 valence electrons. The number of hydrogen-bond acceptors (Lipinski definition) is 9. The van der Waals surface area contributed by atoms with Gasteiger partial charge in [-0.15, -0.1) is 12.4 Å². The van der Waals surface area contributed by atoms with Crippen LogP contribution in [0.2, 0.25) is 0 Å². The monoisotopic (exact) mass is 634 g/mol. The molecule has 5 heterocycles. The number of aromatic nitrogens is 5. The third-order valence-electron chi connectivity index (χ3n) is 6.42. The predicted molar refractivity (Wildman–Crippen MR) is 155 cm³/mol. The smallest absolute Gasteiger partial charge is 0.369 e. The zero-order chi connectivity index (χ0) is 28.8. The van der Waals surface area contributed by atoms with Gasteiger partial charge in [0.25, 0.3) is 5.62 Å². The fourth-order valence-electron chi connectivity index (χ4n) is 4.61. The van der Waals surface area contributed by atoms with Crippen LogP contribution in [0.5, 0.6) is 0 Å². The van der Waals surface area contributed by atoms with Crippen molar-refractivity contribution >= 4 is 51.2 Å². The first kappa shape index (κ1) is 29.4. The lowest BCUT2D eigenvalue weighted by molar-refractivity contribution is -0.137. The third kappa shape index (κ3) is 6.07. The van der Waals surface area contributed by atoms with Crippen molar-refractivity contribution < 1.29 is 21.6 Å². The Hall–Kier alpha value is -4.08. The Morgan fingerprint density at radius 1 is 1.12 bits per heavy atom. The summed E-state index contributed by atoms with van der Waals surface area (Å²) in [4.78, 5) is 17.3. The van der Waals surface area contributed by atoms with Crippen molar-refractivity contribution in [2.45, 2.75) is 25.4 Å². The molecule has 10 nitrogen and oxygen atoms in total. The van der Waals surface area contributed by atoms with Crippen LogP contribution in [-0.2, 0) is 28.5 Å². The number of alkyl halides is 3. The molecule has 0 radical (unpaired) electrons. The van der Waals surface area contributed by atoms with Crippen molar-refractivity contribution in [3.05, 3.63) is 82.8 Å². The van der Waals surface area contributed by atoms with Crippen LogP contribution in [-0.4, -0.2) is 38.9 Å². The minimum atomic E-state index is -4.60. The summed E-state index contributed by atoms with van der Waals surface area (Å²) in [6.45, 7) is 3.24. The van der Waals surface area contributed by atoms with Gasteiger partial charge < -0.3 is 9.88 Å². The van der Waals surface area contributed by atoms with E-state index in [0.717, 1.165) is 46.4 Å². The number of benzene rings is 1. The van der Waals surface area contributed by atoms with Crippen LogP contribution >= 0.6 is 23.9 Å². The maximum Gasteiger partial charge on any atom is 0.416 e. The van der Waals surface area contributed by atoms with Gasteiger partial charge in [-0.1, -0.05) is 6.07 Å². The molecule has 3 aliphatic rings. The largest absolute Gasteiger partial charge is 0.416 e. The van der Waals surface area contributed by atoms with Crippen molar-refractivity contribution in [1.82, 2.24) is 23.9 Å². The molecule has 0 amide bonds. The Balaban J connectivity index is 0.00000353. The van der Waals surface area contributed by atoms with E-state index in [9.17, 15) is 21.6 Å². The van der Waals surface area contributed by atoms with Crippen molar-refractivity contribution in [3.63, 3.8) is 0 Å². The first-order valence-electron chi connectivity index (χ1n) is 12.3. The fraction of sp³-hybridized carbons (Fsp3) is 0.192. The second-order valence-corrected chi connectivity index (χ2v) is 11.7. The van der Waals surface area contributed by atoms with E-state index in [1.807, 2.05) is 17.6 Å². The van der Waals surface area contributed by atoms with Crippen LogP contribution in [0, 0.1) is 6.92 Å². The fourth-order valence-corrected chi connectivity index (χ4v) is 6.17. The highest BCUT2D eigenvalue weighted by Crippen LogP contribution is 2.39. The summed E-state index contributed by atoms with van der Waals surface area (Å²) in [5.41, 5.74) is 3.33. The van der Waals surface area contributed by atoms with E-state index in [-0.39, 0.29) is 23.8 Å². The molecule has 3 aliphatic heterocycles. The summed E-state index contributed by atoms with van der Waals surface area (Å²) < 4.78 is 73.5. The summed E-state index contributed by atoms with van der Waals surface area (Å²) in [5.74, 6) is 0.805. The van der Waals surface area contributed by atoms with Gasteiger partial charge in [0.1, 0.15) is 17.4 Å². The van der Waals surface area contributed by atoms with Crippen LogP contribution in [0.1, 0.15) is 16.8 Å². The molecule has 0 spiro atoms. The number of nitrogens with zero attached hydrogens (tertiary/aromatic N) is 6. The highest BCUT2D eigenvalue weighted by Gasteiger charge is 2.31. The van der Waals surface area contributed by atoms with E-state index in [0.29, 0.717) is 30.2 Å². The molecule has 2 aromatic heterocycles. The number of rotatable bonds is 6. The molecule has 3 aromatic rings. The number of nitrogens with one attached hydrogen (secondary N) is 2. The third-order valence-corrected chi connectivity index (χ3v) is 8.22. The first-order valence-corrected chi connectivity index (χ1v) is 14.8. The molecule has 2 N–H and O–H groups in total. The maximum absolute atomic E-state index is 13.1. The van der Waals surface area contributed by atoms with Gasteiger partial charge in [0.15, 0.2) is 0 Å². The molecule has 0 saturated heterocycles. The minimum absolute atomic E-state index is 0. The number of pyridine rings is 2. The number of halogens is 4. The normalized spacial score (nSPS) is 13.5. The zero-order valence-corrected chi connectivity index (χ0v) is 24.2. The van der Waals surface area contributed by atoms with E-state index in [1.165, 1.54) is 11.5 Å². The second kappa shape index (κ2) is 11.3. The number of sulfonamides is 1. The van der Waals surface area contributed by atoms with Crippen molar-refractivity contribution in [3.8, 4) is 22.5 Å². The second-order valence-electron chi connectivity index (χ2n) is 9.35. The molecule has 0 atom stereocenters. The van der Waals surface area contributed by atoms with E-state index in [1.54, 1.807) is 36.0 Å². The SMILES string of the molecule is Cc1ccc(NS(=O)(=O)Cc2cc(C(F)(F)F)ccn2)cc1-c1cc2cnc(=Nc3cnsc3)nc-2n2c1NCC2.Cl. The lowest BCUT2D eigenvalue weighted by Gasteiger charge is -2.19. The number of anilines is 2. The van der Waals surface area contributed by atoms with Gasteiger partial charge in [0, 0.05) is 47.7 Å². The van der Waals surface area contributed by atoms with Crippen molar-refractivity contribution in [1.29, 1.82) is 0 Å². The average molecular weight is 635 g/mol. The van der Waals surface area contributed by atoms with Crippen LogP contribution in [0.25, 0.3) is 22.5 Å². The van der Waals surface area contributed by atoms with Crippen molar-refractivity contribution in [2.24, 2.45) is 4.99 Å². The van der Waals surface area contributed by atoms with Crippen molar-refractivity contribution in [2.75, 3.05) is 16.6 Å². The van der Waals surface area contributed by atoms with Gasteiger partial charge in [-0.2, -0.15) is 22.5 Å². The molecule has 0 fully saturated rings. The zero-order valence-electron chi connectivity index (χ0n) is 21.8. The topological polar surface area (TPSA) is 127 Å². The van der Waals surface area contributed by atoms with Gasteiger partial charge in [0.05, 0.1) is 23.1 Å². The van der Waals surface area contributed by atoms with E-state index in [2.05, 4.69) is 34.4 Å². The Bertz CT molecular complexity index is 1910. The molecule has 1 aromatic carbocycles. The van der Waals surface area contributed by atoms with Crippen LogP contribution in [0.4, 0.5) is 30.4 Å². The van der Waals surface area contributed by atoms with Gasteiger partial charge >= 0.3 is 6.18 Å². The summed E-state index contributed by atoms with van der Waals surface area (Å²) in [6, 6.07) is 8.54. The lowest BCUT2D eigenvalue weighted by atomic mass is 9.98. The summed E-state index contributed by atoms with van der Waals surface area (Å²) in [6.07, 6.45) is -0.320. The highest BCUT2D eigenvalue weighted by molar-refractivity contribution is 7.91. The van der Waals surface area contributed by atoms with Gasteiger partial charge in [-0.25, -0.2) is 18.4 Å². The Morgan fingerprint density at radius 2 is 1.95 bits per heavy atom. The molecule has 0 saturated carbocycles. The molecule has 0 aliphatic carbocycles. The van der Waals surface area contributed by atoms with E-state index >= 15 is 0 Å². The first-order chi connectivity index (χ1) is 19.6. The molecule has 0 unspecified atom stereocenters. The Morgan fingerprint density at radius 3 is 2.71 bits per heavy atom. The number of aryl methyl sites for hydroxylation is 1. The summed E-state index contributed by atoms with van der Waals surface area (Å²) in [7, 11) is -4.07. The summed E-state index contributed by atoms with van der Waals surface area (Å²) >= 11 is 1.29. The van der Waals surface area contributed by atoms with Crippen LogP contribution in [0.3, 0.4) is 0 Å². The number of hydrogen-bond donors (Lipinski definition) is 2. The van der Waals surface area contributed by atoms with E-state index < -0.39 is 27.5 Å².